The van der Waals surface area contributed by atoms with Crippen LogP contribution in [0.4, 0.5) is 0 Å². The van der Waals surface area contributed by atoms with E-state index in [1.54, 1.807) is 14.2 Å². The lowest BCUT2D eigenvalue weighted by atomic mass is 9.98. The van der Waals surface area contributed by atoms with Gasteiger partial charge in [-0.1, -0.05) is 13.3 Å². The van der Waals surface area contributed by atoms with Gasteiger partial charge in [0.2, 0.25) is 0 Å². The van der Waals surface area contributed by atoms with Gasteiger partial charge in [-0.2, -0.15) is 0 Å². The van der Waals surface area contributed by atoms with Gasteiger partial charge in [0.1, 0.15) is 11.5 Å². The van der Waals surface area contributed by atoms with Crippen molar-refractivity contribution in [2.45, 2.75) is 31.9 Å². The van der Waals surface area contributed by atoms with Gasteiger partial charge in [-0.3, -0.25) is 0 Å². The van der Waals surface area contributed by atoms with Crippen molar-refractivity contribution in [2.75, 3.05) is 14.2 Å². The molecule has 0 spiro atoms. The van der Waals surface area contributed by atoms with Crippen LogP contribution in [0.1, 0.15) is 31.4 Å². The summed E-state index contributed by atoms with van der Waals surface area (Å²) in [7, 11) is 3.27. The highest BCUT2D eigenvalue weighted by Gasteiger charge is 2.33. The molecule has 0 aliphatic carbocycles. The van der Waals surface area contributed by atoms with Crippen molar-refractivity contribution in [3.05, 3.63) is 23.8 Å². The van der Waals surface area contributed by atoms with Gasteiger partial charge < -0.3 is 19.9 Å². The van der Waals surface area contributed by atoms with E-state index in [1.807, 2.05) is 18.2 Å². The third-order valence-corrected chi connectivity index (χ3v) is 3.22. The molecule has 0 amide bonds. The van der Waals surface area contributed by atoms with E-state index in [2.05, 4.69) is 11.9 Å². The number of methoxy groups -OCH3 is 2. The van der Waals surface area contributed by atoms with Gasteiger partial charge in [-0.25, -0.2) is 4.99 Å². The summed E-state index contributed by atoms with van der Waals surface area (Å²) in [6, 6.07) is 5.92. The molecule has 1 aromatic carbocycles. The Bertz CT molecular complexity index is 474. The van der Waals surface area contributed by atoms with Gasteiger partial charge in [0.05, 0.1) is 20.3 Å². The number of nitrogens with two attached hydrogens (primary N) is 1. The highest BCUT2D eigenvalue weighted by Crippen LogP contribution is 2.38. The molecule has 5 heteroatoms. The fourth-order valence-corrected chi connectivity index (χ4v) is 2.31. The van der Waals surface area contributed by atoms with Gasteiger partial charge in [0.25, 0.3) is 6.02 Å². The Morgan fingerprint density at radius 1 is 1.32 bits per heavy atom. The van der Waals surface area contributed by atoms with Crippen molar-refractivity contribution in [1.82, 2.24) is 0 Å². The van der Waals surface area contributed by atoms with Crippen molar-refractivity contribution >= 4 is 6.02 Å². The second-order valence-corrected chi connectivity index (χ2v) is 4.47. The van der Waals surface area contributed by atoms with Gasteiger partial charge in [0, 0.05) is 5.56 Å². The predicted octanol–water partition coefficient (Wildman–Crippen LogP) is 2.26. The summed E-state index contributed by atoms with van der Waals surface area (Å²) >= 11 is 0. The molecule has 0 saturated carbocycles. The summed E-state index contributed by atoms with van der Waals surface area (Å²) in [4.78, 5) is 4.34. The van der Waals surface area contributed by atoms with Crippen LogP contribution in [0, 0.1) is 0 Å². The van der Waals surface area contributed by atoms with E-state index in [1.165, 1.54) is 0 Å². The maximum absolute atomic E-state index is 5.70. The summed E-state index contributed by atoms with van der Waals surface area (Å²) in [5.74, 6) is 1.52. The Morgan fingerprint density at radius 3 is 2.74 bits per heavy atom. The fraction of sp³-hybridized carbons (Fsp3) is 0.500. The average molecular weight is 264 g/mol. The maximum Gasteiger partial charge on any atom is 0.283 e. The van der Waals surface area contributed by atoms with Crippen LogP contribution >= 0.6 is 0 Å². The van der Waals surface area contributed by atoms with Crippen molar-refractivity contribution < 1.29 is 14.2 Å². The van der Waals surface area contributed by atoms with Crippen LogP contribution < -0.4 is 15.2 Å². The molecule has 2 atom stereocenters. The van der Waals surface area contributed by atoms with E-state index in [0.29, 0.717) is 0 Å². The molecule has 1 heterocycles. The highest BCUT2D eigenvalue weighted by atomic mass is 16.5. The standard InChI is InChI=1S/C14H20N2O3/c1-4-5-11-13(19-14(15)16-11)10-8-9(17-2)6-7-12(10)18-3/h6-8,11,13H,4-5H2,1-3H3,(H2,15,16). The molecule has 0 saturated heterocycles. The van der Waals surface area contributed by atoms with E-state index < -0.39 is 0 Å². The molecule has 5 nitrogen and oxygen atoms in total. The molecular weight excluding hydrogens is 244 g/mol. The Balaban J connectivity index is 2.34. The summed E-state index contributed by atoms with van der Waals surface area (Å²) < 4.78 is 16.3. The lowest BCUT2D eigenvalue weighted by molar-refractivity contribution is 0.183. The maximum atomic E-state index is 5.70. The minimum atomic E-state index is -0.204. The first-order valence-corrected chi connectivity index (χ1v) is 6.41. The second kappa shape index (κ2) is 5.82. The molecule has 104 valence electrons. The lowest BCUT2D eigenvalue weighted by Gasteiger charge is -2.20. The molecule has 2 unspecified atom stereocenters. The first-order valence-electron chi connectivity index (χ1n) is 6.41. The molecule has 0 radical (unpaired) electrons. The zero-order valence-corrected chi connectivity index (χ0v) is 11.6. The number of benzene rings is 1. The molecule has 1 aromatic rings. The van der Waals surface area contributed by atoms with Crippen LogP contribution in [-0.2, 0) is 4.74 Å². The summed E-state index contributed by atoms with van der Waals surface area (Å²) in [5.41, 5.74) is 6.62. The molecule has 2 N–H and O–H groups in total. The first kappa shape index (κ1) is 13.5. The van der Waals surface area contributed by atoms with Crippen molar-refractivity contribution in [2.24, 2.45) is 10.7 Å². The topological polar surface area (TPSA) is 66.1 Å². The molecular formula is C14H20N2O3. The van der Waals surface area contributed by atoms with Crippen molar-refractivity contribution in [1.29, 1.82) is 0 Å². The van der Waals surface area contributed by atoms with Crippen LogP contribution in [0.25, 0.3) is 0 Å². The number of ether oxygens (including phenoxy) is 3. The van der Waals surface area contributed by atoms with Crippen LogP contribution in [0.5, 0.6) is 11.5 Å². The van der Waals surface area contributed by atoms with Crippen LogP contribution in [0.3, 0.4) is 0 Å². The predicted molar refractivity (Wildman–Crippen MR) is 73.7 cm³/mol. The first-order chi connectivity index (χ1) is 9.19. The lowest BCUT2D eigenvalue weighted by Crippen LogP contribution is -2.17. The van der Waals surface area contributed by atoms with E-state index in [-0.39, 0.29) is 18.2 Å². The normalized spacial score (nSPS) is 21.7. The molecule has 0 bridgehead atoms. The Morgan fingerprint density at radius 2 is 2.11 bits per heavy atom. The molecule has 0 fully saturated rings. The number of hydrogen-bond acceptors (Lipinski definition) is 5. The van der Waals surface area contributed by atoms with E-state index in [4.69, 9.17) is 19.9 Å². The quantitative estimate of drug-likeness (QED) is 0.885. The third kappa shape index (κ3) is 2.75. The number of amidine groups is 1. The van der Waals surface area contributed by atoms with Gasteiger partial charge in [-0.15, -0.1) is 0 Å². The average Bonchev–Trinajstić information content (AvgIpc) is 2.79. The minimum absolute atomic E-state index is 0.0333. The Kier molecular flexibility index (Phi) is 4.14. The minimum Gasteiger partial charge on any atom is -0.497 e. The van der Waals surface area contributed by atoms with E-state index >= 15 is 0 Å². The number of nitrogens with zero attached hydrogens (tertiary/aromatic N) is 1. The van der Waals surface area contributed by atoms with Crippen LogP contribution in [0.15, 0.2) is 23.2 Å². The largest absolute Gasteiger partial charge is 0.497 e. The smallest absolute Gasteiger partial charge is 0.283 e. The molecule has 0 aromatic heterocycles. The van der Waals surface area contributed by atoms with E-state index in [0.717, 1.165) is 29.9 Å². The van der Waals surface area contributed by atoms with Crippen molar-refractivity contribution in [3.8, 4) is 11.5 Å². The molecule has 2 rings (SSSR count). The summed E-state index contributed by atoms with van der Waals surface area (Å²) in [5, 5.41) is 0. The second-order valence-electron chi connectivity index (χ2n) is 4.47. The number of aliphatic imine (C=N–C) groups is 1. The van der Waals surface area contributed by atoms with Gasteiger partial charge >= 0.3 is 0 Å². The van der Waals surface area contributed by atoms with E-state index in [9.17, 15) is 0 Å². The number of hydrogen-bond donors (Lipinski definition) is 1. The van der Waals surface area contributed by atoms with Gasteiger partial charge in [0.15, 0.2) is 6.10 Å². The SMILES string of the molecule is CCCC1N=C(N)OC1c1cc(OC)ccc1OC. The molecule has 1 aliphatic heterocycles. The highest BCUT2D eigenvalue weighted by molar-refractivity contribution is 5.74. The van der Waals surface area contributed by atoms with Gasteiger partial charge in [-0.05, 0) is 24.6 Å². The molecule has 1 aliphatic rings. The third-order valence-electron chi connectivity index (χ3n) is 3.22. The van der Waals surface area contributed by atoms with Crippen LogP contribution in [0.2, 0.25) is 0 Å². The fourth-order valence-electron chi connectivity index (χ4n) is 2.31. The number of rotatable bonds is 5. The monoisotopic (exact) mass is 264 g/mol. The Labute approximate surface area is 113 Å². The van der Waals surface area contributed by atoms with Crippen molar-refractivity contribution in [3.63, 3.8) is 0 Å². The zero-order valence-electron chi connectivity index (χ0n) is 11.6. The summed E-state index contributed by atoms with van der Waals surface area (Å²) in [6.45, 7) is 2.11. The summed E-state index contributed by atoms with van der Waals surface area (Å²) in [6.07, 6.45) is 1.74. The van der Waals surface area contributed by atoms with Crippen LogP contribution in [-0.4, -0.2) is 26.3 Å². The zero-order chi connectivity index (χ0) is 13.8. The molecule has 19 heavy (non-hydrogen) atoms. The Hall–Kier alpha value is -1.91.